The van der Waals surface area contributed by atoms with E-state index in [0.717, 1.165) is 32.4 Å². The van der Waals surface area contributed by atoms with Gasteiger partial charge in [-0.2, -0.15) is 0 Å². The summed E-state index contributed by atoms with van der Waals surface area (Å²) in [6.45, 7) is 4.37. The Hall–Kier alpha value is -0.0800. The number of likely N-dealkylation sites (tertiary alicyclic amines) is 1. The molecule has 0 saturated carbocycles. The molecule has 0 aromatic heterocycles. The highest BCUT2D eigenvalue weighted by atomic mass is 16.3. The SMILES string of the molecule is CCCCCCCCC1(O)CCN(C)CC1. The molecule has 0 spiro atoms. The topological polar surface area (TPSA) is 23.5 Å². The minimum atomic E-state index is -0.336. The molecule has 96 valence electrons. The van der Waals surface area contributed by atoms with E-state index in [1.807, 2.05) is 0 Å². The highest BCUT2D eigenvalue weighted by molar-refractivity contribution is 4.84. The van der Waals surface area contributed by atoms with E-state index in [4.69, 9.17) is 0 Å². The number of hydrogen-bond donors (Lipinski definition) is 1. The molecule has 1 heterocycles. The van der Waals surface area contributed by atoms with Crippen molar-refractivity contribution in [1.82, 2.24) is 4.90 Å². The van der Waals surface area contributed by atoms with Crippen molar-refractivity contribution in [3.63, 3.8) is 0 Å². The summed E-state index contributed by atoms with van der Waals surface area (Å²) >= 11 is 0. The van der Waals surface area contributed by atoms with Crippen LogP contribution in [0.1, 0.15) is 64.7 Å². The highest BCUT2D eigenvalue weighted by Crippen LogP contribution is 2.27. The van der Waals surface area contributed by atoms with Crippen LogP contribution >= 0.6 is 0 Å². The van der Waals surface area contributed by atoms with Gasteiger partial charge >= 0.3 is 0 Å². The average Bonchev–Trinajstić information content (AvgIpc) is 2.28. The molecule has 1 rings (SSSR count). The van der Waals surface area contributed by atoms with Crippen LogP contribution in [0.15, 0.2) is 0 Å². The third kappa shape index (κ3) is 5.31. The maximum absolute atomic E-state index is 10.4. The lowest BCUT2D eigenvalue weighted by atomic mass is 9.86. The van der Waals surface area contributed by atoms with Crippen LogP contribution in [0.4, 0.5) is 0 Å². The fraction of sp³-hybridized carbons (Fsp3) is 1.00. The van der Waals surface area contributed by atoms with Crippen molar-refractivity contribution in [2.75, 3.05) is 20.1 Å². The number of aliphatic hydroxyl groups is 1. The van der Waals surface area contributed by atoms with E-state index < -0.39 is 0 Å². The number of rotatable bonds is 7. The van der Waals surface area contributed by atoms with Gasteiger partial charge in [0.2, 0.25) is 0 Å². The summed E-state index contributed by atoms with van der Waals surface area (Å²) in [6, 6.07) is 0. The second kappa shape index (κ2) is 7.29. The third-order valence-corrected chi connectivity index (χ3v) is 3.91. The molecule has 1 N–H and O–H groups in total. The van der Waals surface area contributed by atoms with Crippen LogP contribution in [-0.2, 0) is 0 Å². The summed E-state index contributed by atoms with van der Waals surface area (Å²) in [5.74, 6) is 0. The van der Waals surface area contributed by atoms with E-state index in [1.165, 1.54) is 38.5 Å². The van der Waals surface area contributed by atoms with Gasteiger partial charge in [-0.25, -0.2) is 0 Å². The van der Waals surface area contributed by atoms with Crippen molar-refractivity contribution in [1.29, 1.82) is 0 Å². The van der Waals surface area contributed by atoms with Gasteiger partial charge in [-0.3, -0.25) is 0 Å². The van der Waals surface area contributed by atoms with Gasteiger partial charge in [0.1, 0.15) is 0 Å². The van der Waals surface area contributed by atoms with Gasteiger partial charge in [0.05, 0.1) is 5.60 Å². The number of nitrogens with zero attached hydrogens (tertiary/aromatic N) is 1. The predicted molar refractivity (Wildman–Crippen MR) is 69.7 cm³/mol. The van der Waals surface area contributed by atoms with Crippen LogP contribution in [-0.4, -0.2) is 35.7 Å². The molecule has 0 unspecified atom stereocenters. The van der Waals surface area contributed by atoms with Crippen LogP contribution in [0.25, 0.3) is 0 Å². The Morgan fingerprint density at radius 2 is 1.56 bits per heavy atom. The molecule has 0 amide bonds. The van der Waals surface area contributed by atoms with Gasteiger partial charge in [0, 0.05) is 13.1 Å². The zero-order chi connectivity index (χ0) is 11.9. The van der Waals surface area contributed by atoms with E-state index in [1.54, 1.807) is 0 Å². The Bertz CT molecular complexity index is 174. The van der Waals surface area contributed by atoms with Gasteiger partial charge in [0.15, 0.2) is 0 Å². The number of piperidine rings is 1. The van der Waals surface area contributed by atoms with Gasteiger partial charge in [0.25, 0.3) is 0 Å². The zero-order valence-corrected chi connectivity index (χ0v) is 11.2. The van der Waals surface area contributed by atoms with E-state index in [2.05, 4.69) is 18.9 Å². The fourth-order valence-corrected chi connectivity index (χ4v) is 2.52. The Kier molecular flexibility index (Phi) is 6.37. The lowest BCUT2D eigenvalue weighted by molar-refractivity contribution is -0.0241. The first-order chi connectivity index (χ1) is 7.66. The quantitative estimate of drug-likeness (QED) is 0.675. The van der Waals surface area contributed by atoms with Crippen LogP contribution in [0.3, 0.4) is 0 Å². The van der Waals surface area contributed by atoms with Crippen molar-refractivity contribution in [2.45, 2.75) is 70.3 Å². The standard InChI is InChI=1S/C14H29NO/c1-3-4-5-6-7-8-9-14(16)10-12-15(2)13-11-14/h16H,3-13H2,1-2H3. The van der Waals surface area contributed by atoms with Gasteiger partial charge in [-0.05, 0) is 26.3 Å². The van der Waals surface area contributed by atoms with E-state index in [0.29, 0.717) is 0 Å². The van der Waals surface area contributed by atoms with Crippen molar-refractivity contribution in [2.24, 2.45) is 0 Å². The predicted octanol–water partition coefficient (Wildman–Crippen LogP) is 3.19. The van der Waals surface area contributed by atoms with Crippen molar-refractivity contribution >= 4 is 0 Å². The van der Waals surface area contributed by atoms with Crippen molar-refractivity contribution in [3.05, 3.63) is 0 Å². The minimum Gasteiger partial charge on any atom is -0.390 e. The van der Waals surface area contributed by atoms with E-state index in [-0.39, 0.29) is 5.60 Å². The lowest BCUT2D eigenvalue weighted by Gasteiger charge is -2.36. The molecular formula is C14H29NO. The first-order valence-electron chi connectivity index (χ1n) is 7.07. The molecular weight excluding hydrogens is 198 g/mol. The number of unbranched alkanes of at least 4 members (excludes halogenated alkanes) is 5. The van der Waals surface area contributed by atoms with E-state index >= 15 is 0 Å². The summed E-state index contributed by atoms with van der Waals surface area (Å²) in [4.78, 5) is 2.32. The average molecular weight is 227 g/mol. The smallest absolute Gasteiger partial charge is 0.0672 e. The Morgan fingerprint density at radius 3 is 2.19 bits per heavy atom. The van der Waals surface area contributed by atoms with Crippen LogP contribution in [0.5, 0.6) is 0 Å². The van der Waals surface area contributed by atoms with E-state index in [9.17, 15) is 5.11 Å². The maximum Gasteiger partial charge on any atom is 0.0672 e. The molecule has 0 aromatic rings. The maximum atomic E-state index is 10.4. The Morgan fingerprint density at radius 1 is 1.00 bits per heavy atom. The van der Waals surface area contributed by atoms with Crippen molar-refractivity contribution in [3.8, 4) is 0 Å². The molecule has 1 fully saturated rings. The van der Waals surface area contributed by atoms with Crippen LogP contribution in [0.2, 0.25) is 0 Å². The summed E-state index contributed by atoms with van der Waals surface area (Å²) in [5.41, 5.74) is -0.336. The molecule has 0 aliphatic carbocycles. The molecule has 0 bridgehead atoms. The lowest BCUT2D eigenvalue weighted by Crippen LogP contribution is -2.42. The van der Waals surface area contributed by atoms with Gasteiger partial charge in [-0.15, -0.1) is 0 Å². The molecule has 1 saturated heterocycles. The number of hydrogen-bond acceptors (Lipinski definition) is 2. The molecule has 0 radical (unpaired) electrons. The minimum absolute atomic E-state index is 0.336. The molecule has 0 aromatic carbocycles. The Labute approximate surface area is 101 Å². The van der Waals surface area contributed by atoms with Crippen molar-refractivity contribution < 1.29 is 5.11 Å². The zero-order valence-electron chi connectivity index (χ0n) is 11.2. The monoisotopic (exact) mass is 227 g/mol. The second-order valence-electron chi connectivity index (χ2n) is 5.55. The normalized spacial score (nSPS) is 21.2. The first-order valence-corrected chi connectivity index (χ1v) is 7.07. The largest absolute Gasteiger partial charge is 0.390 e. The summed E-state index contributed by atoms with van der Waals surface area (Å²) in [6.07, 6.45) is 10.9. The summed E-state index contributed by atoms with van der Waals surface area (Å²) < 4.78 is 0. The summed E-state index contributed by atoms with van der Waals surface area (Å²) in [5, 5.41) is 10.4. The van der Waals surface area contributed by atoms with Crippen LogP contribution < -0.4 is 0 Å². The molecule has 2 nitrogen and oxygen atoms in total. The second-order valence-corrected chi connectivity index (χ2v) is 5.55. The molecule has 0 atom stereocenters. The molecule has 16 heavy (non-hydrogen) atoms. The fourth-order valence-electron chi connectivity index (χ4n) is 2.52. The van der Waals surface area contributed by atoms with Gasteiger partial charge < -0.3 is 10.0 Å². The molecule has 2 heteroatoms. The molecule has 1 aliphatic heterocycles. The Balaban J connectivity index is 2.03. The van der Waals surface area contributed by atoms with Gasteiger partial charge in [-0.1, -0.05) is 45.4 Å². The third-order valence-electron chi connectivity index (χ3n) is 3.91. The molecule has 1 aliphatic rings. The first kappa shape index (κ1) is 14.0. The van der Waals surface area contributed by atoms with Crippen LogP contribution in [0, 0.1) is 0 Å². The highest BCUT2D eigenvalue weighted by Gasteiger charge is 2.30. The summed E-state index contributed by atoms with van der Waals surface area (Å²) in [7, 11) is 2.14.